The molecule has 1 aromatic rings. The molecule has 0 amide bonds. The van der Waals surface area contributed by atoms with Crippen LogP contribution in [-0.4, -0.2) is 27.5 Å². The zero-order valence-corrected chi connectivity index (χ0v) is 8.76. The zero-order chi connectivity index (χ0) is 10.9. The summed E-state index contributed by atoms with van der Waals surface area (Å²) in [4.78, 5) is 0. The Balaban J connectivity index is 1.85. The number of epoxide rings is 1. The monoisotopic (exact) mass is 219 g/mol. The molecule has 16 heavy (non-hydrogen) atoms. The molecule has 3 aliphatic rings. The predicted molar refractivity (Wildman–Crippen MR) is 56.7 cm³/mol. The van der Waals surface area contributed by atoms with E-state index in [0.29, 0.717) is 18.4 Å². The van der Waals surface area contributed by atoms with Gasteiger partial charge in [0.15, 0.2) is 11.8 Å². The highest BCUT2D eigenvalue weighted by Crippen LogP contribution is 2.56. The number of aromatic hydroxyl groups is 2. The van der Waals surface area contributed by atoms with Gasteiger partial charge in [0.1, 0.15) is 0 Å². The van der Waals surface area contributed by atoms with E-state index in [4.69, 9.17) is 4.74 Å². The number of allylic oxidation sites excluding steroid dienone is 2. The lowest BCUT2D eigenvalue weighted by Crippen LogP contribution is -2.03. The molecule has 1 saturated heterocycles. The van der Waals surface area contributed by atoms with Crippen LogP contribution in [0.1, 0.15) is 29.4 Å². The van der Waals surface area contributed by atoms with Gasteiger partial charge >= 0.3 is 0 Å². The van der Waals surface area contributed by atoms with Gasteiger partial charge in [-0.05, 0) is 6.42 Å². The molecule has 84 valence electrons. The van der Waals surface area contributed by atoms with E-state index in [2.05, 4.69) is 12.2 Å². The molecule has 2 bridgehead atoms. The maximum absolute atomic E-state index is 10.1. The van der Waals surface area contributed by atoms with Gasteiger partial charge in [-0.1, -0.05) is 12.2 Å². The van der Waals surface area contributed by atoms with Gasteiger partial charge in [0.2, 0.25) is 0 Å². The summed E-state index contributed by atoms with van der Waals surface area (Å²) in [6, 6.07) is 0. The highest BCUT2D eigenvalue weighted by molar-refractivity contribution is 5.58. The molecule has 0 radical (unpaired) electrons. The molecule has 1 fully saturated rings. The SMILES string of the molecule is Oc1c2c(c(O)n1CC1CO1)[C@H]1C=CC2C1. The van der Waals surface area contributed by atoms with Crippen LogP contribution >= 0.6 is 0 Å². The lowest BCUT2D eigenvalue weighted by atomic mass is 10.0. The van der Waals surface area contributed by atoms with Crippen LogP contribution in [0.15, 0.2) is 12.2 Å². The third kappa shape index (κ3) is 0.930. The minimum Gasteiger partial charge on any atom is -0.494 e. The molecule has 3 atom stereocenters. The molecular formula is C12H13NO3. The number of nitrogens with zero attached hydrogens (tertiary/aromatic N) is 1. The summed E-state index contributed by atoms with van der Waals surface area (Å²) >= 11 is 0. The van der Waals surface area contributed by atoms with E-state index >= 15 is 0 Å². The molecule has 2 N–H and O–H groups in total. The summed E-state index contributed by atoms with van der Waals surface area (Å²) in [5, 5.41) is 20.3. The van der Waals surface area contributed by atoms with Crippen molar-refractivity contribution in [3.05, 3.63) is 23.3 Å². The van der Waals surface area contributed by atoms with E-state index in [9.17, 15) is 10.2 Å². The first-order valence-electron chi connectivity index (χ1n) is 5.70. The van der Waals surface area contributed by atoms with Gasteiger partial charge in [0.25, 0.3) is 0 Å². The molecule has 0 spiro atoms. The quantitative estimate of drug-likeness (QED) is 0.584. The van der Waals surface area contributed by atoms with Crippen molar-refractivity contribution in [2.75, 3.05) is 6.61 Å². The molecule has 4 heteroatoms. The van der Waals surface area contributed by atoms with E-state index in [1.165, 1.54) is 0 Å². The second kappa shape index (κ2) is 2.63. The largest absolute Gasteiger partial charge is 0.494 e. The minimum atomic E-state index is 0.162. The van der Waals surface area contributed by atoms with E-state index in [1.54, 1.807) is 4.57 Å². The van der Waals surface area contributed by atoms with E-state index < -0.39 is 0 Å². The molecule has 0 aromatic carbocycles. The smallest absolute Gasteiger partial charge is 0.198 e. The van der Waals surface area contributed by atoms with Crippen LogP contribution in [-0.2, 0) is 11.3 Å². The van der Waals surface area contributed by atoms with Crippen LogP contribution in [0, 0.1) is 0 Å². The summed E-state index contributed by atoms with van der Waals surface area (Å²) < 4.78 is 6.73. The Morgan fingerprint density at radius 2 is 1.75 bits per heavy atom. The predicted octanol–water partition coefficient (Wildman–Crippen LogP) is 1.44. The summed E-state index contributed by atoms with van der Waals surface area (Å²) in [6.45, 7) is 1.29. The van der Waals surface area contributed by atoms with Crippen LogP contribution < -0.4 is 0 Å². The minimum absolute atomic E-state index is 0.162. The van der Waals surface area contributed by atoms with Crippen molar-refractivity contribution in [1.29, 1.82) is 0 Å². The van der Waals surface area contributed by atoms with Crippen LogP contribution in [0.3, 0.4) is 0 Å². The fourth-order valence-electron chi connectivity index (χ4n) is 3.04. The molecular weight excluding hydrogens is 206 g/mol. The number of fused-ring (bicyclic) bond motifs is 5. The van der Waals surface area contributed by atoms with Crippen molar-refractivity contribution >= 4 is 0 Å². The molecule has 0 saturated carbocycles. The third-order valence-electron chi connectivity index (χ3n) is 3.90. The summed E-state index contributed by atoms with van der Waals surface area (Å²) in [6.07, 6.45) is 5.43. The average molecular weight is 219 g/mol. The van der Waals surface area contributed by atoms with Gasteiger partial charge in [-0.15, -0.1) is 0 Å². The highest BCUT2D eigenvalue weighted by atomic mass is 16.6. The average Bonchev–Trinajstić information content (AvgIpc) is 2.77. The number of aromatic nitrogens is 1. The van der Waals surface area contributed by atoms with Crippen molar-refractivity contribution in [3.63, 3.8) is 0 Å². The van der Waals surface area contributed by atoms with Crippen molar-refractivity contribution in [2.24, 2.45) is 0 Å². The van der Waals surface area contributed by atoms with Gasteiger partial charge in [0.05, 0.1) is 19.3 Å². The molecule has 1 aromatic heterocycles. The zero-order valence-electron chi connectivity index (χ0n) is 8.76. The van der Waals surface area contributed by atoms with Gasteiger partial charge in [-0.2, -0.15) is 0 Å². The lowest BCUT2D eigenvalue weighted by molar-refractivity contribution is 0.325. The fraction of sp³-hybridized carbons (Fsp3) is 0.500. The first-order valence-corrected chi connectivity index (χ1v) is 5.70. The van der Waals surface area contributed by atoms with Crippen molar-refractivity contribution in [3.8, 4) is 11.8 Å². The number of hydrogen-bond acceptors (Lipinski definition) is 3. The second-order valence-corrected chi connectivity index (χ2v) is 4.87. The van der Waals surface area contributed by atoms with E-state index in [0.717, 1.165) is 24.2 Å². The molecule has 1 aliphatic heterocycles. The van der Waals surface area contributed by atoms with Crippen LogP contribution in [0.4, 0.5) is 0 Å². The van der Waals surface area contributed by atoms with Crippen LogP contribution in [0.5, 0.6) is 11.8 Å². The standard InChI is InChI=1S/C12H13NO3/c14-11-9-6-1-2-7(3-6)10(9)12(15)13(11)4-8-5-16-8/h1-2,6-8,14-15H,3-5H2/t6-,7?,8?/m0/s1. The first-order chi connectivity index (χ1) is 7.75. The Kier molecular flexibility index (Phi) is 1.43. The fourth-order valence-corrected chi connectivity index (χ4v) is 3.04. The first kappa shape index (κ1) is 8.70. The molecule has 2 unspecified atom stereocenters. The highest BCUT2D eigenvalue weighted by Gasteiger charge is 2.41. The summed E-state index contributed by atoms with van der Waals surface area (Å²) in [7, 11) is 0. The van der Waals surface area contributed by atoms with E-state index in [1.807, 2.05) is 0 Å². The van der Waals surface area contributed by atoms with Gasteiger partial charge in [0, 0.05) is 23.0 Å². The Labute approximate surface area is 92.8 Å². The van der Waals surface area contributed by atoms with Crippen molar-refractivity contribution < 1.29 is 14.9 Å². The van der Waals surface area contributed by atoms with Gasteiger partial charge < -0.3 is 14.9 Å². The molecule has 2 heterocycles. The van der Waals surface area contributed by atoms with Gasteiger partial charge in [-0.25, -0.2) is 0 Å². The Morgan fingerprint density at radius 1 is 1.19 bits per heavy atom. The molecule has 2 aliphatic carbocycles. The normalized spacial score (nSPS) is 33.4. The number of hydrogen-bond donors (Lipinski definition) is 2. The summed E-state index contributed by atoms with van der Waals surface area (Å²) in [5.41, 5.74) is 1.87. The lowest BCUT2D eigenvalue weighted by Gasteiger charge is -2.07. The van der Waals surface area contributed by atoms with Crippen LogP contribution in [0.25, 0.3) is 0 Å². The maximum atomic E-state index is 10.1. The Hall–Kier alpha value is -1.42. The van der Waals surface area contributed by atoms with E-state index in [-0.39, 0.29) is 17.9 Å². The van der Waals surface area contributed by atoms with Crippen molar-refractivity contribution in [2.45, 2.75) is 30.9 Å². The summed E-state index contributed by atoms with van der Waals surface area (Å²) in [5.74, 6) is 1.07. The topological polar surface area (TPSA) is 57.9 Å². The maximum Gasteiger partial charge on any atom is 0.198 e. The molecule has 4 rings (SSSR count). The number of ether oxygens (including phenoxy) is 1. The number of rotatable bonds is 2. The van der Waals surface area contributed by atoms with Crippen molar-refractivity contribution in [1.82, 2.24) is 4.57 Å². The third-order valence-corrected chi connectivity index (χ3v) is 3.90. The Morgan fingerprint density at radius 3 is 2.25 bits per heavy atom. The Bertz CT molecular complexity index is 463. The van der Waals surface area contributed by atoms with Gasteiger partial charge in [-0.3, -0.25) is 4.57 Å². The molecule has 4 nitrogen and oxygen atoms in total. The second-order valence-electron chi connectivity index (χ2n) is 4.87. The van der Waals surface area contributed by atoms with Crippen LogP contribution in [0.2, 0.25) is 0 Å².